The molecule has 2 N–H and O–H groups in total. The Hall–Kier alpha value is -2.11. The Balaban J connectivity index is 2.93. The van der Waals surface area contributed by atoms with Crippen LogP contribution in [0.15, 0.2) is 18.2 Å². The quantitative estimate of drug-likeness (QED) is 0.852. The van der Waals surface area contributed by atoms with Crippen molar-refractivity contribution >= 4 is 11.9 Å². The number of ether oxygens (including phenoxy) is 1. The number of rotatable bonds is 5. The van der Waals surface area contributed by atoms with E-state index in [1.54, 1.807) is 6.92 Å². The van der Waals surface area contributed by atoms with Crippen LogP contribution in [0, 0.1) is 11.7 Å². The fraction of sp³-hybridized carbons (Fsp3) is 0.385. The number of carboxylic acids is 1. The zero-order valence-corrected chi connectivity index (χ0v) is 10.9. The van der Waals surface area contributed by atoms with Crippen LogP contribution in [0.5, 0.6) is 5.75 Å². The highest BCUT2D eigenvalue weighted by atomic mass is 19.1. The lowest BCUT2D eigenvalue weighted by Gasteiger charge is -2.18. The monoisotopic (exact) mass is 269 g/mol. The van der Waals surface area contributed by atoms with Gasteiger partial charge < -0.3 is 15.2 Å². The molecule has 0 aromatic heterocycles. The zero-order valence-electron chi connectivity index (χ0n) is 10.9. The first-order valence-corrected chi connectivity index (χ1v) is 5.74. The van der Waals surface area contributed by atoms with Gasteiger partial charge in [-0.2, -0.15) is 0 Å². The van der Waals surface area contributed by atoms with Crippen LogP contribution in [0.4, 0.5) is 4.39 Å². The molecule has 0 aliphatic heterocycles. The molecule has 0 saturated carbocycles. The minimum absolute atomic E-state index is 0.104. The van der Waals surface area contributed by atoms with Crippen molar-refractivity contribution in [3.05, 3.63) is 29.6 Å². The van der Waals surface area contributed by atoms with Crippen LogP contribution in [0.1, 0.15) is 24.2 Å². The van der Waals surface area contributed by atoms with Crippen LogP contribution in [0.25, 0.3) is 0 Å². The zero-order chi connectivity index (χ0) is 14.6. The predicted octanol–water partition coefficient (Wildman–Crippen LogP) is 1.67. The first-order valence-electron chi connectivity index (χ1n) is 5.74. The summed E-state index contributed by atoms with van der Waals surface area (Å²) < 4.78 is 18.6. The second-order valence-corrected chi connectivity index (χ2v) is 4.21. The van der Waals surface area contributed by atoms with Gasteiger partial charge in [0.1, 0.15) is 17.1 Å². The summed E-state index contributed by atoms with van der Waals surface area (Å²) in [5, 5.41) is 11.3. The van der Waals surface area contributed by atoms with E-state index in [4.69, 9.17) is 9.84 Å². The normalized spacial score (nSPS) is 13.5. The lowest BCUT2D eigenvalue weighted by Crippen LogP contribution is -2.40. The number of carboxylic acid groups (broad SMARTS) is 1. The van der Waals surface area contributed by atoms with E-state index in [0.717, 1.165) is 6.07 Å². The number of carbonyl (C=O) groups is 2. The van der Waals surface area contributed by atoms with Gasteiger partial charge in [-0.3, -0.25) is 9.59 Å². The van der Waals surface area contributed by atoms with Crippen molar-refractivity contribution in [1.29, 1.82) is 0 Å². The number of nitrogens with one attached hydrogen (secondary N) is 1. The molecule has 0 fully saturated rings. The number of methoxy groups -OCH3 is 1. The van der Waals surface area contributed by atoms with Gasteiger partial charge in [-0.25, -0.2) is 4.39 Å². The lowest BCUT2D eigenvalue weighted by atomic mass is 10.0. The summed E-state index contributed by atoms with van der Waals surface area (Å²) in [6.07, 6.45) is 0. The molecule has 0 aliphatic carbocycles. The molecule has 1 aromatic carbocycles. The van der Waals surface area contributed by atoms with E-state index in [9.17, 15) is 14.0 Å². The fourth-order valence-electron chi connectivity index (χ4n) is 1.51. The van der Waals surface area contributed by atoms with Gasteiger partial charge >= 0.3 is 5.97 Å². The van der Waals surface area contributed by atoms with Gasteiger partial charge in [0.05, 0.1) is 13.0 Å². The van der Waals surface area contributed by atoms with E-state index in [1.165, 1.54) is 26.2 Å². The number of aliphatic carboxylic acids is 1. The van der Waals surface area contributed by atoms with E-state index < -0.39 is 29.7 Å². The third-order valence-corrected chi connectivity index (χ3v) is 2.92. The Morgan fingerprint density at radius 1 is 1.37 bits per heavy atom. The average molecular weight is 269 g/mol. The maximum absolute atomic E-state index is 13.6. The third kappa shape index (κ3) is 3.43. The Bertz CT molecular complexity index is 490. The molecule has 6 heteroatoms. The molecule has 1 amide bonds. The second kappa shape index (κ2) is 6.17. The lowest BCUT2D eigenvalue weighted by molar-refractivity contribution is -0.141. The maximum Gasteiger partial charge on any atom is 0.308 e. The third-order valence-electron chi connectivity index (χ3n) is 2.92. The van der Waals surface area contributed by atoms with Crippen LogP contribution >= 0.6 is 0 Å². The van der Waals surface area contributed by atoms with Crippen molar-refractivity contribution in [3.8, 4) is 5.75 Å². The minimum Gasteiger partial charge on any atom is -0.496 e. The summed E-state index contributed by atoms with van der Waals surface area (Å²) in [6.45, 7) is 3.01. The van der Waals surface area contributed by atoms with Crippen molar-refractivity contribution in [2.24, 2.45) is 5.92 Å². The highest BCUT2D eigenvalue weighted by Gasteiger charge is 2.24. The van der Waals surface area contributed by atoms with E-state index in [-0.39, 0.29) is 11.3 Å². The molecule has 0 saturated heterocycles. The van der Waals surface area contributed by atoms with Crippen molar-refractivity contribution in [2.75, 3.05) is 7.11 Å². The molecule has 0 spiro atoms. The topological polar surface area (TPSA) is 75.6 Å². The molecular formula is C13H16FNO4. The van der Waals surface area contributed by atoms with Gasteiger partial charge in [0.2, 0.25) is 0 Å². The number of hydrogen-bond donors (Lipinski definition) is 2. The van der Waals surface area contributed by atoms with Gasteiger partial charge in [-0.05, 0) is 26.0 Å². The molecule has 104 valence electrons. The number of benzene rings is 1. The maximum atomic E-state index is 13.6. The van der Waals surface area contributed by atoms with Crippen LogP contribution < -0.4 is 10.1 Å². The van der Waals surface area contributed by atoms with Crippen molar-refractivity contribution in [1.82, 2.24) is 5.32 Å². The highest BCUT2D eigenvalue weighted by molar-refractivity contribution is 5.97. The van der Waals surface area contributed by atoms with E-state index in [1.807, 2.05) is 0 Å². The van der Waals surface area contributed by atoms with Crippen LogP contribution in [0.3, 0.4) is 0 Å². The largest absolute Gasteiger partial charge is 0.496 e. The summed E-state index contributed by atoms with van der Waals surface area (Å²) >= 11 is 0. The molecule has 1 aromatic rings. The van der Waals surface area contributed by atoms with Crippen molar-refractivity contribution < 1.29 is 23.8 Å². The molecule has 2 unspecified atom stereocenters. The first kappa shape index (κ1) is 14.9. The van der Waals surface area contributed by atoms with Crippen LogP contribution in [0.2, 0.25) is 0 Å². The molecule has 1 rings (SSSR count). The Kier molecular flexibility index (Phi) is 4.86. The van der Waals surface area contributed by atoms with Gasteiger partial charge in [0.15, 0.2) is 0 Å². The minimum atomic E-state index is -1.03. The summed E-state index contributed by atoms with van der Waals surface area (Å²) in [5.41, 5.74) is -0.227. The second-order valence-electron chi connectivity index (χ2n) is 4.21. The Morgan fingerprint density at radius 3 is 2.53 bits per heavy atom. The summed E-state index contributed by atoms with van der Waals surface area (Å²) in [4.78, 5) is 22.8. The number of halogens is 1. The van der Waals surface area contributed by atoms with Gasteiger partial charge in [0.25, 0.3) is 5.91 Å². The predicted molar refractivity (Wildman–Crippen MR) is 66.7 cm³/mol. The average Bonchev–Trinajstić information content (AvgIpc) is 2.36. The van der Waals surface area contributed by atoms with Gasteiger partial charge in [-0.15, -0.1) is 0 Å². The Morgan fingerprint density at radius 2 is 2.00 bits per heavy atom. The number of hydrogen-bond acceptors (Lipinski definition) is 3. The van der Waals surface area contributed by atoms with Gasteiger partial charge in [0, 0.05) is 6.04 Å². The standard InChI is InChI=1S/C13H16FNO4/c1-7(13(17)18)8(2)15-12(16)11-9(14)5-4-6-10(11)19-3/h4-8H,1-3H3,(H,15,16)(H,17,18). The van der Waals surface area contributed by atoms with E-state index >= 15 is 0 Å². The SMILES string of the molecule is COc1cccc(F)c1C(=O)NC(C)C(C)C(=O)O. The fourth-order valence-corrected chi connectivity index (χ4v) is 1.51. The molecular weight excluding hydrogens is 253 g/mol. The molecule has 0 heterocycles. The van der Waals surface area contributed by atoms with Crippen molar-refractivity contribution in [3.63, 3.8) is 0 Å². The number of amides is 1. The summed E-state index contributed by atoms with van der Waals surface area (Å²) in [5.74, 6) is -3.12. The Labute approximate surface area is 110 Å². The highest BCUT2D eigenvalue weighted by Crippen LogP contribution is 2.21. The first-order chi connectivity index (χ1) is 8.88. The molecule has 5 nitrogen and oxygen atoms in total. The van der Waals surface area contributed by atoms with E-state index in [0.29, 0.717) is 0 Å². The number of carbonyl (C=O) groups excluding carboxylic acids is 1. The van der Waals surface area contributed by atoms with Crippen LogP contribution in [-0.2, 0) is 4.79 Å². The van der Waals surface area contributed by atoms with Crippen molar-refractivity contribution in [2.45, 2.75) is 19.9 Å². The molecule has 2 atom stereocenters. The van der Waals surface area contributed by atoms with Gasteiger partial charge in [-0.1, -0.05) is 6.07 Å². The summed E-state index contributed by atoms with van der Waals surface area (Å²) in [7, 11) is 1.33. The molecule has 0 aliphatic rings. The van der Waals surface area contributed by atoms with E-state index in [2.05, 4.69) is 5.32 Å². The van der Waals surface area contributed by atoms with Crippen LogP contribution in [-0.4, -0.2) is 30.1 Å². The molecule has 0 bridgehead atoms. The summed E-state index contributed by atoms with van der Waals surface area (Å²) in [6, 6.07) is 3.40. The molecule has 19 heavy (non-hydrogen) atoms. The smallest absolute Gasteiger partial charge is 0.308 e. The molecule has 0 radical (unpaired) electrons.